The van der Waals surface area contributed by atoms with Crippen LogP contribution in [0.5, 0.6) is 5.75 Å². The molecule has 6 rings (SSSR count). The van der Waals surface area contributed by atoms with Crippen LogP contribution in [0.3, 0.4) is 0 Å². The molecule has 2 aliphatic rings. The van der Waals surface area contributed by atoms with Gasteiger partial charge in [-0.3, -0.25) is 4.98 Å². The normalized spacial score (nSPS) is 17.4. The zero-order valence-electron chi connectivity index (χ0n) is 26.1. The highest BCUT2D eigenvalue weighted by Crippen LogP contribution is 2.36. The molecule has 1 amide bonds. The SMILES string of the molecule is CCc1cc(O)ccc1N=C(N)c1cnn2cc(-c3cnccc3N3CC(NC(=O)OC(C)(C)C)C3)cc2c1N[C@H]1CCOC1. The molecule has 2 aliphatic heterocycles. The fraction of sp³-hybridized carbons (Fsp3) is 0.394. The zero-order chi connectivity index (χ0) is 31.7. The van der Waals surface area contributed by atoms with Crippen LogP contribution in [0.1, 0.15) is 45.2 Å². The number of nitrogens with one attached hydrogen (secondary N) is 2. The monoisotopic (exact) mass is 612 g/mol. The second kappa shape index (κ2) is 12.3. The molecule has 45 heavy (non-hydrogen) atoms. The predicted molar refractivity (Wildman–Crippen MR) is 175 cm³/mol. The van der Waals surface area contributed by atoms with Gasteiger partial charge in [-0.15, -0.1) is 0 Å². The number of anilines is 2. The summed E-state index contributed by atoms with van der Waals surface area (Å²) in [6.45, 7) is 10.2. The number of nitrogens with two attached hydrogens (primary N) is 1. The summed E-state index contributed by atoms with van der Waals surface area (Å²) < 4.78 is 12.9. The molecule has 5 N–H and O–H groups in total. The van der Waals surface area contributed by atoms with Gasteiger partial charge >= 0.3 is 6.09 Å². The molecule has 12 heteroatoms. The molecule has 4 aromatic rings. The third-order valence-corrected chi connectivity index (χ3v) is 7.93. The standard InChI is InChI=1S/C33H40N8O4/c1-5-20-12-24(42)6-7-27(20)39-31(34)26-15-36-41-16-21(13-29(41)30(26)37-22-9-11-44-19-22)25-14-35-10-8-28(25)40-17-23(18-40)38-32(43)45-33(2,3)4/h6-8,10,12-16,22-23,37,42H,5,9,11,17-19H2,1-4H3,(H2,34,39)(H,38,43)/t22-/m0/s1. The van der Waals surface area contributed by atoms with Gasteiger partial charge in [-0.1, -0.05) is 6.92 Å². The van der Waals surface area contributed by atoms with Gasteiger partial charge < -0.3 is 35.8 Å². The first-order chi connectivity index (χ1) is 21.6. The summed E-state index contributed by atoms with van der Waals surface area (Å²) in [5.41, 5.74) is 13.0. The maximum absolute atomic E-state index is 12.3. The van der Waals surface area contributed by atoms with Crippen molar-refractivity contribution >= 4 is 34.5 Å². The molecule has 0 unspecified atom stereocenters. The lowest BCUT2D eigenvalue weighted by Crippen LogP contribution is -2.60. The summed E-state index contributed by atoms with van der Waals surface area (Å²) in [4.78, 5) is 23.7. The number of aliphatic imine (C=N–C) groups is 1. The molecule has 1 atom stereocenters. The van der Waals surface area contributed by atoms with Gasteiger partial charge in [0.05, 0.1) is 47.3 Å². The van der Waals surface area contributed by atoms with Crippen LogP contribution < -0.4 is 21.3 Å². The van der Waals surface area contributed by atoms with Crippen LogP contribution in [0.2, 0.25) is 0 Å². The molecule has 3 aromatic heterocycles. The molecule has 5 heterocycles. The van der Waals surface area contributed by atoms with Gasteiger partial charge in [-0.25, -0.2) is 14.3 Å². The Kier molecular flexibility index (Phi) is 8.24. The van der Waals surface area contributed by atoms with Crippen molar-refractivity contribution in [2.24, 2.45) is 10.7 Å². The number of nitrogens with zero attached hydrogens (tertiary/aromatic N) is 5. The van der Waals surface area contributed by atoms with Gasteiger partial charge in [0.2, 0.25) is 0 Å². The van der Waals surface area contributed by atoms with Crippen LogP contribution in [0.25, 0.3) is 16.6 Å². The van der Waals surface area contributed by atoms with Crippen LogP contribution in [-0.4, -0.2) is 75.6 Å². The van der Waals surface area contributed by atoms with E-state index in [0.29, 0.717) is 49.8 Å². The quantitative estimate of drug-likeness (QED) is 0.165. The van der Waals surface area contributed by atoms with E-state index in [-0.39, 0.29) is 17.8 Å². The molecule has 0 bridgehead atoms. The highest BCUT2D eigenvalue weighted by Gasteiger charge is 2.31. The number of hydrogen-bond donors (Lipinski definition) is 4. The molecule has 2 saturated heterocycles. The number of hydrogen-bond acceptors (Lipinski definition) is 9. The molecular formula is C33H40N8O4. The van der Waals surface area contributed by atoms with Gasteiger partial charge in [0.15, 0.2) is 0 Å². The molecule has 12 nitrogen and oxygen atoms in total. The highest BCUT2D eigenvalue weighted by atomic mass is 16.6. The van der Waals surface area contributed by atoms with E-state index in [0.717, 1.165) is 40.0 Å². The van der Waals surface area contributed by atoms with Crippen molar-refractivity contribution in [3.05, 3.63) is 66.2 Å². The molecule has 0 spiro atoms. The fourth-order valence-corrected chi connectivity index (χ4v) is 5.68. The predicted octanol–water partition coefficient (Wildman–Crippen LogP) is 4.62. The summed E-state index contributed by atoms with van der Waals surface area (Å²) in [6.07, 6.45) is 8.50. The van der Waals surface area contributed by atoms with Crippen molar-refractivity contribution < 1.29 is 19.4 Å². The number of alkyl carbamates (subject to hydrolysis) is 1. The first-order valence-electron chi connectivity index (χ1n) is 15.3. The van der Waals surface area contributed by atoms with Crippen molar-refractivity contribution in [2.45, 2.75) is 58.2 Å². The smallest absolute Gasteiger partial charge is 0.407 e. The Labute approximate surface area is 262 Å². The highest BCUT2D eigenvalue weighted by molar-refractivity contribution is 6.06. The third kappa shape index (κ3) is 6.65. The Morgan fingerprint density at radius 3 is 2.76 bits per heavy atom. The van der Waals surface area contributed by atoms with Crippen molar-refractivity contribution in [1.29, 1.82) is 0 Å². The molecular weight excluding hydrogens is 572 g/mol. The van der Waals surface area contributed by atoms with Crippen LogP contribution in [0, 0.1) is 0 Å². The number of amidine groups is 1. The average molecular weight is 613 g/mol. The van der Waals surface area contributed by atoms with Crippen LogP contribution in [0.15, 0.2) is 60.1 Å². The van der Waals surface area contributed by atoms with E-state index in [1.54, 1.807) is 30.6 Å². The Bertz CT molecular complexity index is 1730. The lowest BCUT2D eigenvalue weighted by molar-refractivity contribution is 0.0496. The maximum Gasteiger partial charge on any atom is 0.407 e. The minimum absolute atomic E-state index is 0.00768. The maximum atomic E-state index is 12.3. The lowest BCUT2D eigenvalue weighted by atomic mass is 10.0. The molecule has 0 radical (unpaired) electrons. The van der Waals surface area contributed by atoms with Gasteiger partial charge in [0.1, 0.15) is 17.2 Å². The summed E-state index contributed by atoms with van der Waals surface area (Å²) in [5, 5.41) is 21.3. The topological polar surface area (TPSA) is 152 Å². The minimum atomic E-state index is -0.545. The number of ether oxygens (including phenoxy) is 2. The largest absolute Gasteiger partial charge is 0.508 e. The fourth-order valence-electron chi connectivity index (χ4n) is 5.68. The van der Waals surface area contributed by atoms with Crippen molar-refractivity contribution in [3.8, 4) is 16.9 Å². The summed E-state index contributed by atoms with van der Waals surface area (Å²) in [5.74, 6) is 0.514. The first-order valence-corrected chi connectivity index (χ1v) is 15.3. The van der Waals surface area contributed by atoms with Crippen molar-refractivity contribution in [2.75, 3.05) is 36.5 Å². The number of phenolic OH excluding ortho intramolecular Hbond substituents is 1. The Hall–Kier alpha value is -4.84. The van der Waals surface area contributed by atoms with E-state index in [4.69, 9.17) is 25.3 Å². The van der Waals surface area contributed by atoms with Crippen molar-refractivity contribution in [3.63, 3.8) is 0 Å². The van der Waals surface area contributed by atoms with E-state index >= 15 is 0 Å². The van der Waals surface area contributed by atoms with Gasteiger partial charge in [0, 0.05) is 55.1 Å². The van der Waals surface area contributed by atoms with Crippen LogP contribution in [0.4, 0.5) is 21.9 Å². The summed E-state index contributed by atoms with van der Waals surface area (Å²) in [7, 11) is 0. The Morgan fingerprint density at radius 2 is 2.02 bits per heavy atom. The van der Waals surface area contributed by atoms with E-state index in [9.17, 15) is 9.90 Å². The van der Waals surface area contributed by atoms with Gasteiger partial charge in [0.25, 0.3) is 0 Å². The number of phenols is 1. The number of aromatic nitrogens is 3. The van der Waals surface area contributed by atoms with E-state index < -0.39 is 11.7 Å². The second-order valence-corrected chi connectivity index (χ2v) is 12.5. The number of carbonyl (C=O) groups excluding carboxylic acids is 1. The number of benzene rings is 1. The number of amides is 1. The molecule has 0 aliphatic carbocycles. The van der Waals surface area contributed by atoms with Crippen LogP contribution >= 0.6 is 0 Å². The van der Waals surface area contributed by atoms with Crippen molar-refractivity contribution in [1.82, 2.24) is 19.9 Å². The number of pyridine rings is 1. The van der Waals surface area contributed by atoms with Gasteiger partial charge in [-0.05, 0) is 69.5 Å². The summed E-state index contributed by atoms with van der Waals surface area (Å²) >= 11 is 0. The molecule has 236 valence electrons. The molecule has 2 fully saturated rings. The average Bonchev–Trinajstić information content (AvgIpc) is 3.65. The van der Waals surface area contributed by atoms with E-state index in [2.05, 4.69) is 26.6 Å². The minimum Gasteiger partial charge on any atom is -0.508 e. The van der Waals surface area contributed by atoms with Crippen LogP contribution in [-0.2, 0) is 15.9 Å². The number of aryl methyl sites for hydroxylation is 1. The Morgan fingerprint density at radius 1 is 1.20 bits per heavy atom. The van der Waals surface area contributed by atoms with E-state index in [1.165, 1.54) is 0 Å². The second-order valence-electron chi connectivity index (χ2n) is 12.5. The van der Waals surface area contributed by atoms with Gasteiger partial charge in [-0.2, -0.15) is 5.10 Å². The number of rotatable bonds is 8. The first kappa shape index (κ1) is 30.2. The Balaban J connectivity index is 1.32. The zero-order valence-corrected chi connectivity index (χ0v) is 26.1. The van der Waals surface area contributed by atoms with E-state index in [1.807, 2.05) is 50.7 Å². The number of fused-ring (bicyclic) bond motifs is 1. The number of carbonyl (C=O) groups is 1. The lowest BCUT2D eigenvalue weighted by Gasteiger charge is -2.42. The number of aromatic hydroxyl groups is 1. The molecule has 1 aromatic carbocycles. The molecule has 0 saturated carbocycles. The summed E-state index contributed by atoms with van der Waals surface area (Å²) in [6, 6.07) is 9.27. The third-order valence-electron chi connectivity index (χ3n) is 7.93.